The quantitative estimate of drug-likeness (QED) is 0.808. The van der Waals surface area contributed by atoms with Gasteiger partial charge in [-0.3, -0.25) is 4.90 Å². The molecule has 1 aliphatic heterocycles. The van der Waals surface area contributed by atoms with E-state index in [0.29, 0.717) is 18.7 Å². The zero-order chi connectivity index (χ0) is 21.9. The molecule has 3 rings (SSSR count). The van der Waals surface area contributed by atoms with Crippen LogP contribution in [0.4, 0.5) is 9.18 Å². The van der Waals surface area contributed by atoms with Crippen molar-refractivity contribution >= 4 is 6.09 Å². The third-order valence-corrected chi connectivity index (χ3v) is 5.25. The number of nitrogens with zero attached hydrogens (tertiary/aromatic N) is 2. The number of nitrogens with two attached hydrogens (primary N) is 1. The third kappa shape index (κ3) is 5.58. The van der Waals surface area contributed by atoms with Crippen molar-refractivity contribution in [3.05, 3.63) is 59.4 Å². The summed E-state index contributed by atoms with van der Waals surface area (Å²) in [6.45, 7) is 11.0. The Morgan fingerprint density at radius 3 is 2.60 bits per heavy atom. The van der Waals surface area contributed by atoms with Gasteiger partial charge in [-0.1, -0.05) is 24.3 Å². The van der Waals surface area contributed by atoms with E-state index in [-0.39, 0.29) is 18.0 Å². The van der Waals surface area contributed by atoms with Crippen LogP contribution in [-0.4, -0.2) is 47.2 Å². The zero-order valence-corrected chi connectivity index (χ0v) is 18.3. The lowest BCUT2D eigenvalue weighted by Gasteiger charge is -2.40. The molecule has 0 saturated carbocycles. The number of piperazine rings is 1. The minimum Gasteiger partial charge on any atom is -0.444 e. The van der Waals surface area contributed by atoms with Crippen LogP contribution in [0.1, 0.15) is 38.8 Å². The molecule has 5 nitrogen and oxygen atoms in total. The van der Waals surface area contributed by atoms with Crippen molar-refractivity contribution in [2.45, 2.75) is 52.4 Å². The van der Waals surface area contributed by atoms with Gasteiger partial charge in [0.2, 0.25) is 0 Å². The zero-order valence-electron chi connectivity index (χ0n) is 18.3. The number of halogens is 1. The number of rotatable bonds is 4. The number of carbonyl (C=O) groups is 1. The summed E-state index contributed by atoms with van der Waals surface area (Å²) < 4.78 is 19.9. The maximum atomic E-state index is 14.4. The summed E-state index contributed by atoms with van der Waals surface area (Å²) in [5.41, 5.74) is 8.66. The number of ether oxygens (including phenoxy) is 1. The highest BCUT2D eigenvalue weighted by Gasteiger charge is 2.30. The second-order valence-corrected chi connectivity index (χ2v) is 8.98. The van der Waals surface area contributed by atoms with Crippen molar-refractivity contribution in [3.63, 3.8) is 0 Å². The summed E-state index contributed by atoms with van der Waals surface area (Å²) in [4.78, 5) is 16.5. The first-order chi connectivity index (χ1) is 14.2. The van der Waals surface area contributed by atoms with Gasteiger partial charge in [-0.15, -0.1) is 0 Å². The van der Waals surface area contributed by atoms with Gasteiger partial charge in [0.15, 0.2) is 0 Å². The van der Waals surface area contributed by atoms with E-state index in [2.05, 4.69) is 11.0 Å². The van der Waals surface area contributed by atoms with E-state index < -0.39 is 5.60 Å². The van der Waals surface area contributed by atoms with Crippen molar-refractivity contribution in [2.75, 3.05) is 19.6 Å². The lowest BCUT2D eigenvalue weighted by molar-refractivity contribution is 0.000564. The van der Waals surface area contributed by atoms with Crippen molar-refractivity contribution < 1.29 is 13.9 Å². The van der Waals surface area contributed by atoms with Gasteiger partial charge in [-0.2, -0.15) is 0 Å². The van der Waals surface area contributed by atoms with Crippen molar-refractivity contribution in [1.29, 1.82) is 0 Å². The van der Waals surface area contributed by atoms with E-state index in [1.165, 1.54) is 6.07 Å². The topological polar surface area (TPSA) is 58.8 Å². The molecule has 1 amide bonds. The maximum Gasteiger partial charge on any atom is 0.410 e. The van der Waals surface area contributed by atoms with Crippen molar-refractivity contribution in [1.82, 2.24) is 9.80 Å². The van der Waals surface area contributed by atoms with E-state index in [1.807, 2.05) is 52.0 Å². The van der Waals surface area contributed by atoms with Gasteiger partial charge in [0.05, 0.1) is 0 Å². The molecule has 162 valence electrons. The third-order valence-electron chi connectivity index (χ3n) is 5.25. The first-order valence-corrected chi connectivity index (χ1v) is 10.5. The SMILES string of the molecule is CC1CN(Cc2cccc(-c3cc(CN)ccc3F)c2)CCN1C(=O)OC(C)(C)C. The highest BCUT2D eigenvalue weighted by atomic mass is 19.1. The van der Waals surface area contributed by atoms with Crippen LogP contribution >= 0.6 is 0 Å². The molecule has 30 heavy (non-hydrogen) atoms. The van der Waals surface area contributed by atoms with Crippen LogP contribution in [0.2, 0.25) is 0 Å². The van der Waals surface area contributed by atoms with Gasteiger partial charge < -0.3 is 15.4 Å². The Morgan fingerprint density at radius 2 is 1.93 bits per heavy atom. The fourth-order valence-electron chi connectivity index (χ4n) is 3.78. The van der Waals surface area contributed by atoms with E-state index in [1.54, 1.807) is 11.0 Å². The molecule has 0 spiro atoms. The molecule has 0 aromatic heterocycles. The highest BCUT2D eigenvalue weighted by molar-refractivity contribution is 5.68. The normalized spacial score (nSPS) is 17.8. The van der Waals surface area contributed by atoms with Gasteiger partial charge in [-0.25, -0.2) is 9.18 Å². The Labute approximate surface area is 178 Å². The maximum absolute atomic E-state index is 14.4. The minimum atomic E-state index is -0.495. The van der Waals surface area contributed by atoms with Crippen LogP contribution in [0.25, 0.3) is 11.1 Å². The molecule has 1 fully saturated rings. The number of carbonyl (C=O) groups excluding carboxylic acids is 1. The Kier molecular flexibility index (Phi) is 6.78. The van der Waals surface area contributed by atoms with E-state index >= 15 is 0 Å². The van der Waals surface area contributed by atoms with Gasteiger partial charge in [0.1, 0.15) is 11.4 Å². The largest absolute Gasteiger partial charge is 0.444 e. The molecule has 1 saturated heterocycles. The lowest BCUT2D eigenvalue weighted by Crippen LogP contribution is -2.54. The lowest BCUT2D eigenvalue weighted by atomic mass is 10.00. The Morgan fingerprint density at radius 1 is 1.17 bits per heavy atom. The van der Waals surface area contributed by atoms with Crippen molar-refractivity contribution in [3.8, 4) is 11.1 Å². The Bertz CT molecular complexity index is 894. The van der Waals surface area contributed by atoms with Crippen LogP contribution in [0, 0.1) is 5.82 Å². The van der Waals surface area contributed by atoms with Crippen molar-refractivity contribution in [2.24, 2.45) is 5.73 Å². The fraction of sp³-hybridized carbons (Fsp3) is 0.458. The summed E-state index contributed by atoms with van der Waals surface area (Å²) in [5, 5.41) is 0. The molecule has 2 aromatic rings. The molecule has 1 heterocycles. The number of hydrogen-bond donors (Lipinski definition) is 1. The predicted octanol–water partition coefficient (Wildman–Crippen LogP) is 4.39. The molecule has 0 bridgehead atoms. The standard InChI is InChI=1S/C24H32FN3O2/c1-17-15-27(10-11-28(17)23(29)30-24(2,3)4)16-19-6-5-7-20(12-19)21-13-18(14-26)8-9-22(21)25/h5-9,12-13,17H,10-11,14-16,26H2,1-4H3. The summed E-state index contributed by atoms with van der Waals surface area (Å²) >= 11 is 0. The number of hydrogen-bond acceptors (Lipinski definition) is 4. The van der Waals surface area contributed by atoms with E-state index in [4.69, 9.17) is 10.5 Å². The molecule has 1 unspecified atom stereocenters. The van der Waals surface area contributed by atoms with Crippen LogP contribution < -0.4 is 5.73 Å². The smallest absolute Gasteiger partial charge is 0.410 e. The molecule has 0 radical (unpaired) electrons. The van der Waals surface area contributed by atoms with Gasteiger partial charge in [-0.05, 0) is 62.6 Å². The first-order valence-electron chi connectivity index (χ1n) is 10.5. The average Bonchev–Trinajstić information content (AvgIpc) is 2.67. The predicted molar refractivity (Wildman–Crippen MR) is 117 cm³/mol. The molecule has 6 heteroatoms. The average molecular weight is 414 g/mol. The number of amides is 1. The van der Waals surface area contributed by atoms with Crippen LogP contribution in [0.5, 0.6) is 0 Å². The number of benzene rings is 2. The second-order valence-electron chi connectivity index (χ2n) is 8.98. The van der Waals surface area contributed by atoms with Gasteiger partial charge in [0, 0.05) is 44.3 Å². The molecular formula is C24H32FN3O2. The van der Waals surface area contributed by atoms with E-state index in [9.17, 15) is 9.18 Å². The van der Waals surface area contributed by atoms with Crippen LogP contribution in [0.15, 0.2) is 42.5 Å². The second kappa shape index (κ2) is 9.14. The van der Waals surface area contributed by atoms with Gasteiger partial charge >= 0.3 is 6.09 Å². The molecule has 2 N–H and O–H groups in total. The molecule has 1 atom stereocenters. The molecule has 2 aromatic carbocycles. The highest BCUT2D eigenvalue weighted by Crippen LogP contribution is 2.26. The van der Waals surface area contributed by atoms with E-state index in [0.717, 1.165) is 36.3 Å². The summed E-state index contributed by atoms with van der Waals surface area (Å²) in [6.07, 6.45) is -0.257. The van der Waals surface area contributed by atoms with Crippen LogP contribution in [0.3, 0.4) is 0 Å². The fourth-order valence-corrected chi connectivity index (χ4v) is 3.78. The Balaban J connectivity index is 1.67. The summed E-state index contributed by atoms with van der Waals surface area (Å²) in [6, 6.07) is 13.0. The summed E-state index contributed by atoms with van der Waals surface area (Å²) in [5.74, 6) is -0.246. The minimum absolute atomic E-state index is 0.0652. The molecule has 0 aliphatic carbocycles. The van der Waals surface area contributed by atoms with Gasteiger partial charge in [0.25, 0.3) is 0 Å². The Hall–Kier alpha value is -2.44. The molecule has 1 aliphatic rings. The summed E-state index contributed by atoms with van der Waals surface area (Å²) in [7, 11) is 0. The molecular weight excluding hydrogens is 381 g/mol. The van der Waals surface area contributed by atoms with Crippen LogP contribution in [-0.2, 0) is 17.8 Å². The monoisotopic (exact) mass is 413 g/mol. The first kappa shape index (κ1) is 22.2.